The molecule has 1 N–H and O–H groups in total. The van der Waals surface area contributed by atoms with Gasteiger partial charge in [-0.05, 0) is 25.8 Å². The number of pyridine rings is 1. The van der Waals surface area contributed by atoms with Crippen LogP contribution >= 0.6 is 23.2 Å². The fourth-order valence-electron chi connectivity index (χ4n) is 2.92. The van der Waals surface area contributed by atoms with Crippen LogP contribution < -0.4 is 0 Å². The molecule has 0 aliphatic carbocycles. The number of imidazole rings is 1. The van der Waals surface area contributed by atoms with Gasteiger partial charge in [-0.3, -0.25) is 14.0 Å². The van der Waals surface area contributed by atoms with Crippen LogP contribution in [0.4, 0.5) is 0 Å². The molecule has 23 heavy (non-hydrogen) atoms. The van der Waals surface area contributed by atoms with E-state index in [2.05, 4.69) is 4.98 Å². The van der Waals surface area contributed by atoms with E-state index in [-0.39, 0.29) is 11.8 Å². The first-order valence-corrected chi connectivity index (χ1v) is 8.00. The summed E-state index contributed by atoms with van der Waals surface area (Å²) >= 11 is 12.2. The Labute approximate surface area is 142 Å². The third kappa shape index (κ3) is 2.88. The van der Waals surface area contributed by atoms with E-state index in [0.29, 0.717) is 53.0 Å². The van der Waals surface area contributed by atoms with E-state index in [1.807, 2.05) is 0 Å². The predicted octanol–water partition coefficient (Wildman–Crippen LogP) is 2.89. The maximum absolute atomic E-state index is 12.8. The third-order valence-corrected chi connectivity index (χ3v) is 4.63. The Morgan fingerprint density at radius 3 is 2.57 bits per heavy atom. The largest absolute Gasteiger partial charge is 0.481 e. The van der Waals surface area contributed by atoms with Crippen molar-refractivity contribution in [1.29, 1.82) is 0 Å². The SMILES string of the molecule is Cc1nc2c(Cl)cc(Cl)cn2c1C(=O)N1CCC(C(=O)O)CC1. The van der Waals surface area contributed by atoms with Gasteiger partial charge >= 0.3 is 5.97 Å². The summed E-state index contributed by atoms with van der Waals surface area (Å²) in [7, 11) is 0. The lowest BCUT2D eigenvalue weighted by Crippen LogP contribution is -2.40. The highest BCUT2D eigenvalue weighted by Gasteiger charge is 2.30. The van der Waals surface area contributed by atoms with Crippen molar-refractivity contribution in [2.75, 3.05) is 13.1 Å². The summed E-state index contributed by atoms with van der Waals surface area (Å²) in [5.41, 5.74) is 1.47. The molecular weight excluding hydrogens is 341 g/mol. The molecule has 0 unspecified atom stereocenters. The maximum Gasteiger partial charge on any atom is 0.306 e. The Kier molecular flexibility index (Phi) is 4.21. The molecule has 1 saturated heterocycles. The maximum atomic E-state index is 12.8. The van der Waals surface area contributed by atoms with E-state index in [9.17, 15) is 9.59 Å². The zero-order chi connectivity index (χ0) is 16.7. The molecule has 1 aliphatic rings. The zero-order valence-electron chi connectivity index (χ0n) is 12.4. The summed E-state index contributed by atoms with van der Waals surface area (Å²) in [5.74, 6) is -1.37. The van der Waals surface area contributed by atoms with Crippen molar-refractivity contribution in [3.8, 4) is 0 Å². The lowest BCUT2D eigenvalue weighted by Gasteiger charge is -2.30. The number of fused-ring (bicyclic) bond motifs is 1. The van der Waals surface area contributed by atoms with Crippen LogP contribution in [0, 0.1) is 12.8 Å². The number of halogens is 2. The number of likely N-dealkylation sites (tertiary alicyclic amines) is 1. The van der Waals surface area contributed by atoms with Gasteiger partial charge < -0.3 is 10.0 Å². The smallest absolute Gasteiger partial charge is 0.306 e. The van der Waals surface area contributed by atoms with Gasteiger partial charge in [0.1, 0.15) is 5.69 Å². The van der Waals surface area contributed by atoms with E-state index in [4.69, 9.17) is 28.3 Å². The minimum atomic E-state index is -0.804. The number of aliphatic carboxylic acids is 1. The van der Waals surface area contributed by atoms with E-state index < -0.39 is 5.97 Å². The van der Waals surface area contributed by atoms with Crippen molar-refractivity contribution in [2.24, 2.45) is 5.92 Å². The van der Waals surface area contributed by atoms with Crippen molar-refractivity contribution in [3.05, 3.63) is 33.7 Å². The highest BCUT2D eigenvalue weighted by Crippen LogP contribution is 2.26. The number of carbonyl (C=O) groups is 2. The normalized spacial score (nSPS) is 16.0. The molecule has 0 spiro atoms. The number of carboxylic acid groups (broad SMARTS) is 1. The highest BCUT2D eigenvalue weighted by molar-refractivity contribution is 6.36. The van der Waals surface area contributed by atoms with Crippen LogP contribution in [0.25, 0.3) is 5.65 Å². The molecule has 0 radical (unpaired) electrons. The van der Waals surface area contributed by atoms with Crippen molar-refractivity contribution < 1.29 is 14.7 Å². The standard InChI is InChI=1S/C15H15Cl2N3O3/c1-8-12(20-7-10(16)6-11(17)13(20)18-8)14(21)19-4-2-9(3-5-19)15(22)23/h6-7,9H,2-5H2,1H3,(H,22,23). The van der Waals surface area contributed by atoms with E-state index in [0.717, 1.165) is 0 Å². The molecule has 2 aromatic heterocycles. The molecule has 1 amide bonds. The zero-order valence-corrected chi connectivity index (χ0v) is 13.9. The van der Waals surface area contributed by atoms with Gasteiger partial charge in [0.25, 0.3) is 5.91 Å². The Hall–Kier alpha value is -1.79. The van der Waals surface area contributed by atoms with Crippen LogP contribution in [-0.2, 0) is 4.79 Å². The molecule has 0 saturated carbocycles. The van der Waals surface area contributed by atoms with Crippen LogP contribution in [0.2, 0.25) is 10.0 Å². The molecule has 122 valence electrons. The number of aromatic nitrogens is 2. The summed E-state index contributed by atoms with van der Waals surface area (Å²) in [6, 6.07) is 1.58. The number of aryl methyl sites for hydroxylation is 1. The topological polar surface area (TPSA) is 74.9 Å². The van der Waals surface area contributed by atoms with Gasteiger partial charge in [-0.1, -0.05) is 23.2 Å². The molecule has 3 rings (SSSR count). The average Bonchev–Trinajstić information content (AvgIpc) is 2.83. The second kappa shape index (κ2) is 6.02. The van der Waals surface area contributed by atoms with Crippen LogP contribution in [0.15, 0.2) is 12.3 Å². The van der Waals surface area contributed by atoms with Gasteiger partial charge in [-0.2, -0.15) is 0 Å². The molecule has 6 nitrogen and oxygen atoms in total. The van der Waals surface area contributed by atoms with Crippen molar-refractivity contribution in [1.82, 2.24) is 14.3 Å². The summed E-state index contributed by atoms with van der Waals surface area (Å²) in [5, 5.41) is 9.84. The number of carboxylic acids is 1. The summed E-state index contributed by atoms with van der Waals surface area (Å²) in [4.78, 5) is 29.8. The monoisotopic (exact) mass is 355 g/mol. The van der Waals surface area contributed by atoms with Crippen molar-refractivity contribution in [3.63, 3.8) is 0 Å². The molecule has 2 aromatic rings. The Morgan fingerprint density at radius 1 is 1.30 bits per heavy atom. The first-order valence-electron chi connectivity index (χ1n) is 7.24. The predicted molar refractivity (Wildman–Crippen MR) is 86.2 cm³/mol. The van der Waals surface area contributed by atoms with E-state index in [1.54, 1.807) is 28.5 Å². The third-order valence-electron chi connectivity index (χ3n) is 4.15. The number of carbonyl (C=O) groups excluding carboxylic acids is 1. The molecule has 0 aromatic carbocycles. The number of amides is 1. The number of nitrogens with zero attached hydrogens (tertiary/aromatic N) is 3. The van der Waals surface area contributed by atoms with E-state index >= 15 is 0 Å². The van der Waals surface area contributed by atoms with Gasteiger partial charge in [0.2, 0.25) is 0 Å². The quantitative estimate of drug-likeness (QED) is 0.898. The fraction of sp³-hybridized carbons (Fsp3) is 0.400. The summed E-state index contributed by atoms with van der Waals surface area (Å²) in [6.45, 7) is 2.57. The Morgan fingerprint density at radius 2 is 1.96 bits per heavy atom. The van der Waals surface area contributed by atoms with Gasteiger partial charge in [0, 0.05) is 19.3 Å². The molecule has 8 heteroatoms. The van der Waals surface area contributed by atoms with E-state index in [1.165, 1.54) is 0 Å². The van der Waals surface area contributed by atoms with Gasteiger partial charge in [-0.25, -0.2) is 4.98 Å². The van der Waals surface area contributed by atoms with Gasteiger partial charge in [-0.15, -0.1) is 0 Å². The second-order valence-corrected chi connectivity index (χ2v) is 6.49. The summed E-state index contributed by atoms with van der Waals surface area (Å²) in [6.07, 6.45) is 2.52. The number of rotatable bonds is 2. The first-order chi connectivity index (χ1) is 10.9. The van der Waals surface area contributed by atoms with Crippen LogP contribution in [0.3, 0.4) is 0 Å². The lowest BCUT2D eigenvalue weighted by molar-refractivity contribution is -0.143. The van der Waals surface area contributed by atoms with Crippen LogP contribution in [-0.4, -0.2) is 44.4 Å². The number of piperidine rings is 1. The molecule has 3 heterocycles. The molecular formula is C15H15Cl2N3O3. The van der Waals surface area contributed by atoms with Crippen molar-refractivity contribution >= 4 is 40.7 Å². The van der Waals surface area contributed by atoms with Gasteiger partial charge in [0.15, 0.2) is 5.65 Å². The molecule has 0 bridgehead atoms. The molecule has 1 fully saturated rings. The first kappa shape index (κ1) is 16.1. The van der Waals surface area contributed by atoms with Crippen LogP contribution in [0.1, 0.15) is 29.0 Å². The van der Waals surface area contributed by atoms with Crippen LogP contribution in [0.5, 0.6) is 0 Å². The molecule has 1 aliphatic heterocycles. The fourth-order valence-corrected chi connectivity index (χ4v) is 3.44. The minimum absolute atomic E-state index is 0.183. The lowest BCUT2D eigenvalue weighted by atomic mass is 9.97. The average molecular weight is 356 g/mol. The number of hydrogen-bond donors (Lipinski definition) is 1. The second-order valence-electron chi connectivity index (χ2n) is 5.65. The molecule has 0 atom stereocenters. The summed E-state index contributed by atoms with van der Waals surface area (Å²) < 4.78 is 1.60. The Balaban J connectivity index is 1.93. The highest BCUT2D eigenvalue weighted by atomic mass is 35.5. The van der Waals surface area contributed by atoms with Gasteiger partial charge in [0.05, 0.1) is 21.7 Å². The Bertz CT molecular complexity index is 795. The minimum Gasteiger partial charge on any atom is -0.481 e. The number of hydrogen-bond acceptors (Lipinski definition) is 3. The van der Waals surface area contributed by atoms with Crippen molar-refractivity contribution in [2.45, 2.75) is 19.8 Å².